The van der Waals surface area contributed by atoms with E-state index in [0.717, 1.165) is 30.3 Å². The summed E-state index contributed by atoms with van der Waals surface area (Å²) in [4.78, 5) is 16.5. The highest BCUT2D eigenvalue weighted by Gasteiger charge is 2.60. The van der Waals surface area contributed by atoms with Gasteiger partial charge >= 0.3 is 6.18 Å². The molecule has 1 saturated carbocycles. The number of aliphatic imine (C=N–C) groups is 1. The minimum atomic E-state index is -4.80. The van der Waals surface area contributed by atoms with Gasteiger partial charge in [0.1, 0.15) is 4.75 Å². The summed E-state index contributed by atoms with van der Waals surface area (Å²) in [5.41, 5.74) is -4.00. The number of alkyl halides is 3. The van der Waals surface area contributed by atoms with E-state index in [4.69, 9.17) is 0 Å². The smallest absolute Gasteiger partial charge is 0.388 e. The van der Waals surface area contributed by atoms with Crippen molar-refractivity contribution in [2.45, 2.75) is 55.2 Å². The van der Waals surface area contributed by atoms with Gasteiger partial charge in [-0.3, -0.25) is 4.79 Å². The van der Waals surface area contributed by atoms with E-state index in [2.05, 4.69) is 10.3 Å². The van der Waals surface area contributed by atoms with Crippen LogP contribution in [0.3, 0.4) is 0 Å². The molecule has 0 radical (unpaired) electrons. The molecule has 9 heteroatoms. The van der Waals surface area contributed by atoms with E-state index in [-0.39, 0.29) is 16.6 Å². The van der Waals surface area contributed by atoms with Gasteiger partial charge in [0.2, 0.25) is 5.91 Å². The van der Waals surface area contributed by atoms with Crippen molar-refractivity contribution in [1.82, 2.24) is 5.32 Å². The Bertz CT molecular complexity index is 758. The van der Waals surface area contributed by atoms with Crippen molar-refractivity contribution in [2.24, 2.45) is 4.99 Å². The first-order valence-corrected chi connectivity index (χ1v) is 8.92. The summed E-state index contributed by atoms with van der Waals surface area (Å²) < 4.78 is 37.6. The van der Waals surface area contributed by atoms with Gasteiger partial charge < -0.3 is 15.5 Å². The van der Waals surface area contributed by atoms with Crippen molar-refractivity contribution in [2.75, 3.05) is 0 Å². The maximum absolute atomic E-state index is 12.9. The van der Waals surface area contributed by atoms with Crippen LogP contribution in [0.15, 0.2) is 29.3 Å². The molecule has 1 amide bonds. The first-order chi connectivity index (χ1) is 11.9. The lowest BCUT2D eigenvalue weighted by Crippen LogP contribution is -2.58. The Hall–Kier alpha value is -1.58. The maximum atomic E-state index is 12.9. The molecule has 1 heterocycles. The predicted molar refractivity (Wildman–Crippen MR) is 92.1 cm³/mol. The Morgan fingerprint density at radius 3 is 2.27 bits per heavy atom. The predicted octanol–water partition coefficient (Wildman–Crippen LogP) is 2.98. The third-order valence-corrected chi connectivity index (χ3v) is 6.60. The summed E-state index contributed by atoms with van der Waals surface area (Å²) >= 11 is 1.12. The van der Waals surface area contributed by atoms with E-state index in [0.29, 0.717) is 25.5 Å². The fourth-order valence-electron chi connectivity index (χ4n) is 2.97. The number of nitrogens with zero attached hydrogens (tertiary/aromatic N) is 1. The summed E-state index contributed by atoms with van der Waals surface area (Å²) in [5, 5.41) is 23.1. The zero-order valence-electron chi connectivity index (χ0n) is 14.2. The molecule has 1 aromatic carbocycles. The first kappa shape index (κ1) is 19.2. The third kappa shape index (κ3) is 2.91. The van der Waals surface area contributed by atoms with Gasteiger partial charge in [-0.15, -0.1) is 0 Å². The quantitative estimate of drug-likeness (QED) is 0.744. The van der Waals surface area contributed by atoms with Gasteiger partial charge in [0.05, 0.1) is 11.3 Å². The molecule has 0 bridgehead atoms. The van der Waals surface area contributed by atoms with Crippen LogP contribution in [-0.2, 0) is 10.4 Å². The summed E-state index contributed by atoms with van der Waals surface area (Å²) in [6.07, 6.45) is -2.86. The summed E-state index contributed by atoms with van der Waals surface area (Å²) in [6.45, 7) is 2.35. The van der Waals surface area contributed by atoms with Gasteiger partial charge in [0.15, 0.2) is 10.8 Å². The van der Waals surface area contributed by atoms with Crippen LogP contribution in [0.25, 0.3) is 0 Å². The molecule has 1 saturated heterocycles. The van der Waals surface area contributed by atoms with E-state index >= 15 is 0 Å². The van der Waals surface area contributed by atoms with Crippen LogP contribution in [0.5, 0.6) is 0 Å². The Kier molecular flexibility index (Phi) is 4.40. The highest BCUT2D eigenvalue weighted by Crippen LogP contribution is 2.50. The SMILES string of the molecule is CC1(C2(O)CCC2)SC(=Nc2ccc([C@](C)(O)C(F)(F)F)cc2)NC1=O. The standard InChI is InChI=1S/C17H19F3N2O3S/c1-14(24,17(18,19)20)10-4-6-11(7-5-10)21-13-22-12(23)15(2,26-13)16(25)8-3-9-16/h4-7,24-25H,3,8-9H2,1-2H3,(H,21,22,23)/t14-,15?/m0/s1. The lowest BCUT2D eigenvalue weighted by molar-refractivity contribution is -0.258. The minimum absolute atomic E-state index is 0.285. The van der Waals surface area contributed by atoms with E-state index in [1.54, 1.807) is 6.92 Å². The van der Waals surface area contributed by atoms with Crippen molar-refractivity contribution >= 4 is 28.5 Å². The zero-order valence-corrected chi connectivity index (χ0v) is 15.0. The minimum Gasteiger partial charge on any atom is -0.388 e. The lowest BCUT2D eigenvalue weighted by atomic mass is 9.71. The molecule has 1 unspecified atom stereocenters. The number of rotatable bonds is 3. The summed E-state index contributed by atoms with van der Waals surface area (Å²) in [5.74, 6) is -0.333. The molecule has 3 rings (SSSR count). The molecular formula is C17H19F3N2O3S. The van der Waals surface area contributed by atoms with Crippen molar-refractivity contribution in [3.8, 4) is 0 Å². The van der Waals surface area contributed by atoms with Crippen LogP contribution in [0, 0.1) is 0 Å². The molecule has 0 aromatic heterocycles. The van der Waals surface area contributed by atoms with E-state index in [9.17, 15) is 28.2 Å². The zero-order chi connectivity index (χ0) is 19.4. The van der Waals surface area contributed by atoms with Crippen molar-refractivity contribution in [3.63, 3.8) is 0 Å². The van der Waals surface area contributed by atoms with Crippen LogP contribution in [0.1, 0.15) is 38.7 Å². The third-order valence-electron chi connectivity index (χ3n) is 5.24. The number of carbonyl (C=O) groups excluding carboxylic acids is 1. The summed E-state index contributed by atoms with van der Waals surface area (Å²) in [7, 11) is 0. The molecule has 2 aliphatic rings. The van der Waals surface area contributed by atoms with E-state index < -0.39 is 22.1 Å². The average molecular weight is 388 g/mol. The number of benzene rings is 1. The molecule has 142 valence electrons. The molecule has 1 aliphatic heterocycles. The monoisotopic (exact) mass is 388 g/mol. The molecule has 2 fully saturated rings. The largest absolute Gasteiger partial charge is 0.421 e. The highest BCUT2D eigenvalue weighted by molar-refractivity contribution is 8.16. The first-order valence-electron chi connectivity index (χ1n) is 8.10. The van der Waals surface area contributed by atoms with Gasteiger partial charge in [-0.25, -0.2) is 4.99 Å². The number of halogens is 3. The van der Waals surface area contributed by atoms with Crippen molar-refractivity contribution in [1.29, 1.82) is 0 Å². The molecule has 1 aromatic rings. The number of hydrogen-bond donors (Lipinski definition) is 3. The molecule has 5 nitrogen and oxygen atoms in total. The topological polar surface area (TPSA) is 81.9 Å². The van der Waals surface area contributed by atoms with Gasteiger partial charge in [-0.1, -0.05) is 23.9 Å². The van der Waals surface area contributed by atoms with E-state index in [1.165, 1.54) is 12.1 Å². The normalized spacial score (nSPS) is 29.2. The fraction of sp³-hybridized carbons (Fsp3) is 0.529. The molecule has 26 heavy (non-hydrogen) atoms. The molecular weight excluding hydrogens is 369 g/mol. The number of amides is 1. The number of amidine groups is 1. The Morgan fingerprint density at radius 1 is 1.23 bits per heavy atom. The molecule has 1 aliphatic carbocycles. The van der Waals surface area contributed by atoms with Crippen LogP contribution in [0.4, 0.5) is 18.9 Å². The Balaban J connectivity index is 1.80. The molecule has 3 N–H and O–H groups in total. The van der Waals surface area contributed by atoms with Gasteiger partial charge in [0, 0.05) is 0 Å². The number of thioether (sulfide) groups is 1. The lowest BCUT2D eigenvalue weighted by Gasteiger charge is -2.45. The van der Waals surface area contributed by atoms with Gasteiger partial charge in [0.25, 0.3) is 0 Å². The van der Waals surface area contributed by atoms with Crippen LogP contribution < -0.4 is 5.32 Å². The van der Waals surface area contributed by atoms with Crippen LogP contribution in [-0.4, -0.2) is 37.8 Å². The molecule has 2 atom stereocenters. The fourth-order valence-corrected chi connectivity index (χ4v) is 4.19. The number of carbonyl (C=O) groups is 1. The van der Waals surface area contributed by atoms with Crippen molar-refractivity contribution in [3.05, 3.63) is 29.8 Å². The van der Waals surface area contributed by atoms with Crippen LogP contribution in [0.2, 0.25) is 0 Å². The highest BCUT2D eigenvalue weighted by atomic mass is 32.2. The summed E-state index contributed by atoms with van der Waals surface area (Å²) in [6, 6.07) is 4.96. The number of nitrogens with one attached hydrogen (secondary N) is 1. The van der Waals surface area contributed by atoms with Gasteiger partial charge in [-0.05, 0) is 50.8 Å². The second-order valence-corrected chi connectivity index (χ2v) is 8.42. The Labute approximate surface area is 152 Å². The second kappa shape index (κ2) is 5.97. The molecule has 0 spiro atoms. The van der Waals surface area contributed by atoms with Crippen molar-refractivity contribution < 1.29 is 28.2 Å². The Morgan fingerprint density at radius 2 is 1.81 bits per heavy atom. The second-order valence-electron chi connectivity index (χ2n) is 7.01. The average Bonchev–Trinajstić information content (AvgIpc) is 2.79. The van der Waals surface area contributed by atoms with Crippen LogP contribution >= 0.6 is 11.8 Å². The van der Waals surface area contributed by atoms with Gasteiger partial charge in [-0.2, -0.15) is 13.2 Å². The van der Waals surface area contributed by atoms with E-state index in [1.807, 2.05) is 0 Å². The number of hydrogen-bond acceptors (Lipinski definition) is 5. The number of aliphatic hydroxyl groups is 2. The maximum Gasteiger partial charge on any atom is 0.421 e.